The van der Waals surface area contributed by atoms with Crippen molar-refractivity contribution in [3.05, 3.63) is 0 Å². The van der Waals surface area contributed by atoms with E-state index in [0.717, 1.165) is 0 Å². The minimum Gasteiger partial charge on any atom is -0.475 e. The van der Waals surface area contributed by atoms with Crippen molar-refractivity contribution in [2.45, 2.75) is 36.6 Å². The number of carboxylic acid groups (broad SMARTS) is 1. The van der Waals surface area contributed by atoms with E-state index in [4.69, 9.17) is 10.2 Å². The Hall–Kier alpha value is -1.10. The molecule has 0 aromatic carbocycles. The van der Waals surface area contributed by atoms with Crippen LogP contribution in [0.15, 0.2) is 0 Å². The number of hydrogen-bond donors (Lipinski definition) is 6. The lowest BCUT2D eigenvalue weighted by molar-refractivity contribution is -0.320. The number of ketones is 1. The van der Waals surface area contributed by atoms with E-state index in [1.165, 1.54) is 0 Å². The number of carboxylic acids is 1. The Bertz CT molecular complexity index is 343. The molecule has 6 N–H and O–H groups in total. The minimum atomic E-state index is -2.61. The summed E-state index contributed by atoms with van der Waals surface area (Å²) in [7, 11) is 0. The first kappa shape index (κ1) is 15.0. The molecule has 0 saturated carbocycles. The highest BCUT2D eigenvalue weighted by molar-refractivity contribution is 6.32. The van der Waals surface area contributed by atoms with Crippen molar-refractivity contribution in [3.63, 3.8) is 0 Å². The van der Waals surface area contributed by atoms with Gasteiger partial charge in [0.1, 0.15) is 23.9 Å². The molecule has 18 heavy (non-hydrogen) atoms. The van der Waals surface area contributed by atoms with Gasteiger partial charge in [-0.1, -0.05) is 0 Å². The van der Waals surface area contributed by atoms with Gasteiger partial charge in [-0.25, -0.2) is 4.79 Å². The van der Waals surface area contributed by atoms with Crippen LogP contribution in [-0.4, -0.2) is 79.2 Å². The summed E-state index contributed by atoms with van der Waals surface area (Å²) in [5.41, 5.74) is -2.61. The lowest BCUT2D eigenvalue weighted by Gasteiger charge is -2.45. The van der Waals surface area contributed by atoms with E-state index < -0.39 is 55.0 Å². The normalized spacial score (nSPS) is 40.5. The largest absolute Gasteiger partial charge is 0.475 e. The number of carbonyl (C=O) groups is 2. The average molecular weight is 266 g/mol. The van der Waals surface area contributed by atoms with Crippen LogP contribution in [0.4, 0.5) is 0 Å². The minimum absolute atomic E-state index is 0.797. The Morgan fingerprint density at radius 3 is 2.17 bits per heavy atom. The third-order valence-electron chi connectivity index (χ3n) is 2.82. The summed E-state index contributed by atoms with van der Waals surface area (Å²) >= 11 is 0. The maximum absolute atomic E-state index is 11.0. The molecule has 0 aliphatic carbocycles. The second kappa shape index (κ2) is 5.26. The monoisotopic (exact) mass is 266 g/mol. The zero-order chi connectivity index (χ0) is 14.1. The van der Waals surface area contributed by atoms with E-state index in [1.54, 1.807) is 0 Å². The second-order valence-corrected chi connectivity index (χ2v) is 4.03. The van der Waals surface area contributed by atoms with Crippen molar-refractivity contribution in [3.8, 4) is 0 Å². The third-order valence-corrected chi connectivity index (χ3v) is 2.82. The van der Waals surface area contributed by atoms with Crippen LogP contribution in [0.5, 0.6) is 0 Å². The molecule has 1 aliphatic heterocycles. The van der Waals surface area contributed by atoms with Crippen molar-refractivity contribution in [1.29, 1.82) is 0 Å². The summed E-state index contributed by atoms with van der Waals surface area (Å²) in [6, 6.07) is 0. The molecule has 0 amide bonds. The Kier molecular flexibility index (Phi) is 4.37. The van der Waals surface area contributed by atoms with E-state index in [2.05, 4.69) is 4.74 Å². The summed E-state index contributed by atoms with van der Waals surface area (Å²) in [6.07, 6.45) is -8.54. The quantitative estimate of drug-likeness (QED) is 0.280. The number of ether oxygens (including phenoxy) is 1. The van der Waals surface area contributed by atoms with Gasteiger partial charge < -0.3 is 35.4 Å². The molecule has 0 aromatic rings. The lowest BCUT2D eigenvalue weighted by Crippen LogP contribution is -2.67. The maximum atomic E-state index is 11.0. The molecule has 1 unspecified atom stereocenters. The Balaban J connectivity index is 2.99. The number of aliphatic hydroxyl groups is 5. The molecule has 1 aliphatic rings. The van der Waals surface area contributed by atoms with Gasteiger partial charge in [-0.05, 0) is 0 Å². The van der Waals surface area contributed by atoms with Crippen LogP contribution in [0.25, 0.3) is 0 Å². The van der Waals surface area contributed by atoms with E-state index in [-0.39, 0.29) is 0 Å². The van der Waals surface area contributed by atoms with Crippen molar-refractivity contribution < 1.29 is 45.0 Å². The molecule has 1 rings (SSSR count). The maximum Gasteiger partial charge on any atom is 0.372 e. The van der Waals surface area contributed by atoms with Gasteiger partial charge >= 0.3 is 5.97 Å². The lowest BCUT2D eigenvalue weighted by atomic mass is 9.80. The van der Waals surface area contributed by atoms with Crippen LogP contribution in [0.3, 0.4) is 0 Å². The molecular formula is C9H14O9. The number of aliphatic hydroxyl groups excluding tert-OH is 4. The Labute approximate surface area is 101 Å². The van der Waals surface area contributed by atoms with Crippen molar-refractivity contribution in [2.24, 2.45) is 0 Å². The number of rotatable bonds is 4. The summed E-state index contributed by atoms with van der Waals surface area (Å²) in [5.74, 6) is -3.31. The number of hydrogen-bond acceptors (Lipinski definition) is 8. The van der Waals surface area contributed by atoms with Gasteiger partial charge in [-0.15, -0.1) is 0 Å². The number of carbonyl (C=O) groups excluding carboxylic acids is 1. The predicted molar refractivity (Wildman–Crippen MR) is 52.2 cm³/mol. The third kappa shape index (κ3) is 2.51. The summed E-state index contributed by atoms with van der Waals surface area (Å²) in [6.45, 7) is -0.797. The molecule has 5 atom stereocenters. The molecule has 0 spiro atoms. The van der Waals surface area contributed by atoms with Crippen LogP contribution in [0, 0.1) is 0 Å². The fourth-order valence-corrected chi connectivity index (χ4v) is 1.76. The van der Waals surface area contributed by atoms with E-state index >= 15 is 0 Å². The first-order chi connectivity index (χ1) is 8.24. The molecule has 0 aromatic heterocycles. The van der Waals surface area contributed by atoms with Gasteiger partial charge in [0.05, 0.1) is 13.0 Å². The van der Waals surface area contributed by atoms with Crippen molar-refractivity contribution >= 4 is 11.8 Å². The molecular weight excluding hydrogens is 252 g/mol. The molecule has 0 bridgehead atoms. The highest BCUT2D eigenvalue weighted by Gasteiger charge is 2.55. The summed E-state index contributed by atoms with van der Waals surface area (Å²) in [4.78, 5) is 21.4. The Morgan fingerprint density at radius 1 is 1.17 bits per heavy atom. The van der Waals surface area contributed by atoms with Gasteiger partial charge in [0, 0.05) is 0 Å². The first-order valence-electron chi connectivity index (χ1n) is 5.03. The van der Waals surface area contributed by atoms with E-state index in [0.29, 0.717) is 0 Å². The fraction of sp³-hybridized carbons (Fsp3) is 0.778. The highest BCUT2D eigenvalue weighted by Crippen LogP contribution is 2.32. The van der Waals surface area contributed by atoms with Crippen molar-refractivity contribution in [2.75, 3.05) is 6.61 Å². The Morgan fingerprint density at radius 2 is 1.72 bits per heavy atom. The van der Waals surface area contributed by atoms with Gasteiger partial charge in [0.25, 0.3) is 0 Å². The van der Waals surface area contributed by atoms with Gasteiger partial charge in [0.15, 0.2) is 6.29 Å². The number of Topliss-reactive ketones (excluding diaryl/α,β-unsaturated/α-hetero) is 1. The van der Waals surface area contributed by atoms with Gasteiger partial charge in [-0.2, -0.15) is 0 Å². The average Bonchev–Trinajstić information content (AvgIpc) is 2.31. The smallest absolute Gasteiger partial charge is 0.372 e. The van der Waals surface area contributed by atoms with Crippen LogP contribution in [0.2, 0.25) is 0 Å². The second-order valence-electron chi connectivity index (χ2n) is 4.03. The molecule has 1 heterocycles. The topological polar surface area (TPSA) is 165 Å². The molecule has 104 valence electrons. The predicted octanol–water partition coefficient (Wildman–Crippen LogP) is -3.81. The van der Waals surface area contributed by atoms with E-state index in [9.17, 15) is 30.0 Å². The van der Waals surface area contributed by atoms with Crippen LogP contribution in [0.1, 0.15) is 6.42 Å². The molecule has 9 heteroatoms. The number of aliphatic carboxylic acids is 1. The SMILES string of the molecule is O=C(O)C(=O)C[C@]1(O)[C@H](O)[C@@H](CO)OC(O)[C@@H]1O. The van der Waals surface area contributed by atoms with Crippen LogP contribution in [-0.2, 0) is 14.3 Å². The van der Waals surface area contributed by atoms with Gasteiger partial charge in [0.2, 0.25) is 5.78 Å². The summed E-state index contributed by atoms with van der Waals surface area (Å²) < 4.78 is 4.58. The zero-order valence-electron chi connectivity index (χ0n) is 9.13. The summed E-state index contributed by atoms with van der Waals surface area (Å²) in [5, 5.41) is 55.7. The van der Waals surface area contributed by atoms with E-state index in [1.807, 2.05) is 0 Å². The standard InChI is InChI=1S/C9H14O9/c10-2-4-5(12)9(17,1-3(11)7(14)15)6(13)8(16)18-4/h4-6,8,10,12-13,16-17H,1-2H2,(H,14,15)/t4-,5-,6+,8?,9+/m1/s1. The zero-order valence-corrected chi connectivity index (χ0v) is 9.13. The molecule has 9 nitrogen and oxygen atoms in total. The highest BCUT2D eigenvalue weighted by atomic mass is 16.6. The van der Waals surface area contributed by atoms with Crippen LogP contribution >= 0.6 is 0 Å². The fourth-order valence-electron chi connectivity index (χ4n) is 1.76. The van der Waals surface area contributed by atoms with Crippen molar-refractivity contribution in [1.82, 2.24) is 0 Å². The first-order valence-corrected chi connectivity index (χ1v) is 5.03. The molecule has 0 radical (unpaired) electrons. The van der Waals surface area contributed by atoms with Gasteiger partial charge in [-0.3, -0.25) is 4.79 Å². The van der Waals surface area contributed by atoms with Crippen LogP contribution < -0.4 is 0 Å². The molecule has 1 fully saturated rings. The molecule has 1 saturated heterocycles.